The molecule has 0 aliphatic heterocycles. The largest absolute Gasteiger partial charge is 0.480 e. The van der Waals surface area contributed by atoms with Gasteiger partial charge in [-0.3, -0.25) is 0 Å². The number of carbonyl (C=O) groups is 2. The second kappa shape index (κ2) is 9.63. The van der Waals surface area contributed by atoms with Crippen LogP contribution in [0.25, 0.3) is 21.8 Å². The van der Waals surface area contributed by atoms with E-state index >= 15 is 0 Å². The smallest absolute Gasteiger partial charge is 0.326 e. The fourth-order valence-electron chi connectivity index (χ4n) is 3.94. The fraction of sp³-hybridized carbons (Fsp3) is 0.0769. The number of carbonyl (C=O) groups excluding carboxylic acids is 1. The highest BCUT2D eigenvalue weighted by atomic mass is 16.5. The number of ether oxygens (including phenoxy) is 1. The number of hydrogen-bond donors (Lipinski definition) is 5. The molecule has 0 aliphatic carbocycles. The summed E-state index contributed by atoms with van der Waals surface area (Å²) in [7, 11) is 0. The number of nitrogens with two attached hydrogens (primary N) is 1. The first-order valence-corrected chi connectivity index (χ1v) is 11.1. The van der Waals surface area contributed by atoms with Crippen LogP contribution in [0.1, 0.15) is 5.56 Å². The average molecular weight is 483 g/mol. The molecule has 6 N–H and O–H groups in total. The number of hydrogen-bond acceptors (Lipinski definition) is 6. The number of rotatable bonds is 7. The fourth-order valence-corrected chi connectivity index (χ4v) is 3.94. The molecule has 10 nitrogen and oxygen atoms in total. The summed E-state index contributed by atoms with van der Waals surface area (Å²) in [5.74, 6) is -0.274. The normalized spacial score (nSPS) is 11.8. The van der Waals surface area contributed by atoms with E-state index in [0.717, 1.165) is 16.3 Å². The number of amides is 2. The first-order valence-electron chi connectivity index (χ1n) is 11.1. The minimum absolute atomic E-state index is 0.0754. The topological polar surface area (TPSA) is 155 Å². The van der Waals surface area contributed by atoms with Gasteiger partial charge in [0, 0.05) is 18.3 Å². The van der Waals surface area contributed by atoms with Crippen molar-refractivity contribution < 1.29 is 19.4 Å². The van der Waals surface area contributed by atoms with Gasteiger partial charge >= 0.3 is 12.0 Å². The van der Waals surface area contributed by atoms with Crippen molar-refractivity contribution in [3.05, 3.63) is 84.6 Å². The number of anilines is 2. The number of aromatic nitrogens is 3. The molecule has 2 aromatic heterocycles. The van der Waals surface area contributed by atoms with Crippen molar-refractivity contribution in [3.8, 4) is 11.6 Å². The second-order valence-electron chi connectivity index (χ2n) is 8.09. The van der Waals surface area contributed by atoms with Crippen molar-refractivity contribution in [1.29, 1.82) is 0 Å². The van der Waals surface area contributed by atoms with E-state index in [0.29, 0.717) is 28.4 Å². The van der Waals surface area contributed by atoms with Crippen LogP contribution >= 0.6 is 0 Å². The highest BCUT2D eigenvalue weighted by molar-refractivity contribution is 5.93. The summed E-state index contributed by atoms with van der Waals surface area (Å²) in [5, 5.41) is 17.5. The average Bonchev–Trinajstić information content (AvgIpc) is 3.33. The summed E-state index contributed by atoms with van der Waals surface area (Å²) in [5.41, 5.74) is 7.59. The zero-order valence-corrected chi connectivity index (χ0v) is 18.9. The number of aliphatic carboxylic acids is 1. The molecule has 10 heteroatoms. The Morgan fingerprint density at radius 2 is 1.75 bits per heavy atom. The van der Waals surface area contributed by atoms with Gasteiger partial charge in [0.2, 0.25) is 11.8 Å². The number of fused-ring (bicyclic) bond motifs is 2. The molecule has 0 unspecified atom stereocenters. The molecule has 2 heterocycles. The molecule has 0 saturated carbocycles. The Kier molecular flexibility index (Phi) is 6.06. The van der Waals surface area contributed by atoms with Gasteiger partial charge in [-0.2, -0.15) is 9.97 Å². The van der Waals surface area contributed by atoms with Crippen LogP contribution in [0.3, 0.4) is 0 Å². The van der Waals surface area contributed by atoms with Crippen LogP contribution in [0.2, 0.25) is 0 Å². The Hall–Kier alpha value is -5.12. The Bertz CT molecular complexity index is 1560. The van der Waals surface area contributed by atoms with Crippen molar-refractivity contribution in [1.82, 2.24) is 20.3 Å². The SMILES string of the molecule is Nc1nc(Oc2ccc(NC(=O)N[C@@H](Cc3cccc4ccccc34)C(=O)O)cc2)c2cc[nH]c2n1. The van der Waals surface area contributed by atoms with Crippen LogP contribution < -0.4 is 21.1 Å². The molecule has 0 fully saturated rings. The third-order valence-electron chi connectivity index (χ3n) is 5.63. The minimum Gasteiger partial charge on any atom is -0.480 e. The summed E-state index contributed by atoms with van der Waals surface area (Å²) in [6.07, 6.45) is 1.86. The zero-order chi connectivity index (χ0) is 25.1. The highest BCUT2D eigenvalue weighted by Gasteiger charge is 2.21. The molecular weight excluding hydrogens is 460 g/mol. The third kappa shape index (κ3) is 4.87. The van der Waals surface area contributed by atoms with Crippen molar-refractivity contribution in [2.45, 2.75) is 12.5 Å². The van der Waals surface area contributed by atoms with Gasteiger partial charge in [-0.1, -0.05) is 42.5 Å². The molecule has 1 atom stereocenters. The summed E-state index contributed by atoms with van der Waals surface area (Å²) in [6, 6.07) is 20.0. The number of H-pyrrole nitrogens is 1. The van der Waals surface area contributed by atoms with E-state index in [1.165, 1.54) is 0 Å². The summed E-state index contributed by atoms with van der Waals surface area (Å²) in [4.78, 5) is 35.6. The second-order valence-corrected chi connectivity index (χ2v) is 8.09. The van der Waals surface area contributed by atoms with Gasteiger partial charge in [-0.25, -0.2) is 9.59 Å². The van der Waals surface area contributed by atoms with Gasteiger partial charge in [0.05, 0.1) is 5.39 Å². The van der Waals surface area contributed by atoms with Gasteiger partial charge in [-0.15, -0.1) is 0 Å². The van der Waals surface area contributed by atoms with Crippen LogP contribution in [0.4, 0.5) is 16.4 Å². The Labute approximate surface area is 205 Å². The maximum atomic E-state index is 12.6. The lowest BCUT2D eigenvalue weighted by molar-refractivity contribution is -0.139. The van der Waals surface area contributed by atoms with Gasteiger partial charge in [0.15, 0.2) is 0 Å². The Balaban J connectivity index is 1.24. The van der Waals surface area contributed by atoms with Gasteiger partial charge in [0.1, 0.15) is 17.4 Å². The van der Waals surface area contributed by atoms with E-state index in [1.54, 1.807) is 36.5 Å². The lowest BCUT2D eigenvalue weighted by Gasteiger charge is -2.16. The van der Waals surface area contributed by atoms with E-state index in [-0.39, 0.29) is 12.4 Å². The monoisotopic (exact) mass is 482 g/mol. The van der Waals surface area contributed by atoms with Crippen molar-refractivity contribution in [2.75, 3.05) is 11.1 Å². The minimum atomic E-state index is -1.12. The molecule has 0 radical (unpaired) electrons. The molecule has 0 saturated heterocycles. The molecule has 2 amide bonds. The maximum Gasteiger partial charge on any atom is 0.326 e. The molecule has 5 rings (SSSR count). The highest BCUT2D eigenvalue weighted by Crippen LogP contribution is 2.28. The first kappa shape index (κ1) is 22.7. The Morgan fingerprint density at radius 1 is 0.972 bits per heavy atom. The van der Waals surface area contributed by atoms with Crippen molar-refractivity contribution in [2.24, 2.45) is 0 Å². The zero-order valence-electron chi connectivity index (χ0n) is 18.9. The molecule has 3 aromatic carbocycles. The van der Waals surface area contributed by atoms with Crippen LogP contribution in [-0.4, -0.2) is 38.1 Å². The summed E-state index contributed by atoms with van der Waals surface area (Å²) >= 11 is 0. The summed E-state index contributed by atoms with van der Waals surface area (Å²) < 4.78 is 5.83. The van der Waals surface area contributed by atoms with Gasteiger partial charge in [-0.05, 0) is 46.7 Å². The summed E-state index contributed by atoms with van der Waals surface area (Å²) in [6.45, 7) is 0. The lowest BCUT2D eigenvalue weighted by atomic mass is 9.99. The molecule has 0 spiro atoms. The van der Waals surface area contributed by atoms with Crippen LogP contribution in [-0.2, 0) is 11.2 Å². The number of benzene rings is 3. The molecule has 5 aromatic rings. The first-order chi connectivity index (χ1) is 17.5. The van der Waals surface area contributed by atoms with Crippen molar-refractivity contribution >= 4 is 45.4 Å². The third-order valence-corrected chi connectivity index (χ3v) is 5.63. The predicted octanol–water partition coefficient (Wildman–Crippen LogP) is 4.30. The number of carboxylic acid groups (broad SMARTS) is 1. The number of carboxylic acids is 1. The van der Waals surface area contributed by atoms with Crippen LogP contribution in [0, 0.1) is 0 Å². The van der Waals surface area contributed by atoms with Crippen LogP contribution in [0.5, 0.6) is 11.6 Å². The van der Waals surface area contributed by atoms with Crippen LogP contribution in [0.15, 0.2) is 79.0 Å². The number of aromatic amines is 1. The van der Waals surface area contributed by atoms with E-state index in [9.17, 15) is 14.7 Å². The van der Waals surface area contributed by atoms with E-state index in [1.807, 2.05) is 42.5 Å². The molecule has 36 heavy (non-hydrogen) atoms. The molecule has 0 bridgehead atoms. The predicted molar refractivity (Wildman–Crippen MR) is 136 cm³/mol. The maximum absolute atomic E-state index is 12.6. The van der Waals surface area contributed by atoms with Crippen molar-refractivity contribution in [3.63, 3.8) is 0 Å². The van der Waals surface area contributed by atoms with E-state index in [2.05, 4.69) is 25.6 Å². The van der Waals surface area contributed by atoms with E-state index < -0.39 is 18.0 Å². The lowest BCUT2D eigenvalue weighted by Crippen LogP contribution is -2.44. The molecular formula is C26H22N6O4. The quantitative estimate of drug-likeness (QED) is 0.231. The van der Waals surface area contributed by atoms with Gasteiger partial charge < -0.3 is 31.2 Å². The van der Waals surface area contributed by atoms with E-state index in [4.69, 9.17) is 10.5 Å². The molecule has 0 aliphatic rings. The molecule has 180 valence electrons. The number of nitrogens with one attached hydrogen (secondary N) is 3. The van der Waals surface area contributed by atoms with Gasteiger partial charge in [0.25, 0.3) is 0 Å². The number of urea groups is 1. The number of nitrogens with zero attached hydrogens (tertiary/aromatic N) is 2. The standard InChI is InChI=1S/C26H22N6O4/c27-25-31-22-20(12-13-28-22)23(32-25)36-18-10-8-17(9-11-18)29-26(35)30-21(24(33)34)14-16-6-3-5-15-4-1-2-7-19(15)16/h1-13,21H,14H2,(H,33,34)(H2,29,30,35)(H3,27,28,31,32)/t21-/m0/s1. The number of nitrogen functional groups attached to an aromatic ring is 1. The Morgan fingerprint density at radius 3 is 2.56 bits per heavy atom.